The fourth-order valence-corrected chi connectivity index (χ4v) is 6.26. The Morgan fingerprint density at radius 3 is 2.34 bits per heavy atom. The third-order valence-electron chi connectivity index (χ3n) is 8.89. The van der Waals surface area contributed by atoms with Gasteiger partial charge in [-0.1, -0.05) is 18.2 Å². The van der Waals surface area contributed by atoms with Crippen LogP contribution < -0.4 is 10.3 Å². The zero-order valence-electron chi connectivity index (χ0n) is 27.1. The van der Waals surface area contributed by atoms with E-state index >= 15 is 0 Å². The summed E-state index contributed by atoms with van der Waals surface area (Å²) in [6, 6.07) is 16.3. The molecule has 0 radical (unpaired) electrons. The number of para-hydroxylation sites is 1. The van der Waals surface area contributed by atoms with Crippen molar-refractivity contribution in [2.45, 2.75) is 65.2 Å². The van der Waals surface area contributed by atoms with E-state index in [9.17, 15) is 27.2 Å². The van der Waals surface area contributed by atoms with Crippen LogP contribution in [0.2, 0.25) is 0 Å². The van der Waals surface area contributed by atoms with Crippen LogP contribution in [0, 0.1) is 11.7 Å². The smallest absolute Gasteiger partial charge is 0.419 e. The van der Waals surface area contributed by atoms with Crippen LogP contribution in [0.5, 0.6) is 5.75 Å². The summed E-state index contributed by atoms with van der Waals surface area (Å²) in [5.41, 5.74) is -0.681. The van der Waals surface area contributed by atoms with E-state index in [2.05, 4.69) is 18.7 Å². The highest BCUT2D eigenvalue weighted by Crippen LogP contribution is 2.33. The Morgan fingerprint density at radius 2 is 1.70 bits per heavy atom. The number of piperidine rings is 1. The molecule has 7 nitrogen and oxygen atoms in total. The second kappa shape index (κ2) is 14.3. The number of amides is 1. The molecular weight excluding hydrogens is 612 g/mol. The molecule has 1 aromatic heterocycles. The lowest BCUT2D eigenvalue weighted by Crippen LogP contribution is -2.45. The average Bonchev–Trinajstić information content (AvgIpc) is 3.04. The summed E-state index contributed by atoms with van der Waals surface area (Å²) in [7, 11) is 0. The summed E-state index contributed by atoms with van der Waals surface area (Å²) >= 11 is 0. The number of alkyl halides is 3. The van der Waals surface area contributed by atoms with Crippen LogP contribution in [-0.2, 0) is 17.4 Å². The summed E-state index contributed by atoms with van der Waals surface area (Å²) < 4.78 is 61.7. The lowest BCUT2D eigenvalue weighted by molar-refractivity contribution is -0.140. The van der Waals surface area contributed by atoms with Gasteiger partial charge in [0.25, 0.3) is 5.56 Å². The minimum atomic E-state index is -4.90. The van der Waals surface area contributed by atoms with E-state index in [0.717, 1.165) is 32.0 Å². The lowest BCUT2D eigenvalue weighted by Gasteiger charge is -2.38. The number of likely N-dealkylation sites (tertiary alicyclic amines) is 1. The molecule has 47 heavy (non-hydrogen) atoms. The van der Waals surface area contributed by atoms with E-state index in [1.54, 1.807) is 60.4 Å². The number of nitrogens with zero attached hydrogens (tertiary/aromatic N) is 4. The minimum absolute atomic E-state index is 0.0472. The first-order valence-electron chi connectivity index (χ1n) is 16.0. The van der Waals surface area contributed by atoms with Crippen molar-refractivity contribution in [1.29, 1.82) is 0 Å². The fraction of sp³-hybridized carbons (Fsp3) is 0.417. The van der Waals surface area contributed by atoms with Gasteiger partial charge in [-0.15, -0.1) is 0 Å². The van der Waals surface area contributed by atoms with Crippen molar-refractivity contribution < 1.29 is 27.1 Å². The standard InChI is InChI=1S/C36H40F4N4O3/c1-5-47-28-13-11-27(12-14-28)44-34(41-32-9-7-6-8-29(32)35(44)46)24(4)43(22-25-16-18-42(19-17-25)23(2)3)33(45)21-26-10-15-31(37)30(20-26)36(38,39)40/h6-15,20,23-25H,5,16-19,21-22H2,1-4H3/t24-/m1/s1. The number of fused-ring (bicyclic) bond motifs is 1. The molecule has 250 valence electrons. The van der Waals surface area contributed by atoms with Gasteiger partial charge in [-0.3, -0.25) is 14.2 Å². The molecule has 1 amide bonds. The number of hydrogen-bond acceptors (Lipinski definition) is 5. The van der Waals surface area contributed by atoms with Gasteiger partial charge >= 0.3 is 6.18 Å². The first-order chi connectivity index (χ1) is 22.4. The van der Waals surface area contributed by atoms with E-state index in [-0.39, 0.29) is 23.5 Å². The second-order valence-corrected chi connectivity index (χ2v) is 12.3. The summed E-state index contributed by atoms with van der Waals surface area (Å²) in [4.78, 5) is 37.1. The molecule has 0 aliphatic carbocycles. The Morgan fingerprint density at radius 1 is 1.02 bits per heavy atom. The van der Waals surface area contributed by atoms with Gasteiger partial charge < -0.3 is 14.5 Å². The Kier molecular flexibility index (Phi) is 10.3. The summed E-state index contributed by atoms with van der Waals surface area (Å²) in [6.07, 6.45) is -3.61. The maximum Gasteiger partial charge on any atom is 0.419 e. The highest BCUT2D eigenvalue weighted by molar-refractivity contribution is 5.80. The van der Waals surface area contributed by atoms with Gasteiger partial charge in [-0.05, 0) is 114 Å². The van der Waals surface area contributed by atoms with Crippen LogP contribution >= 0.6 is 0 Å². The molecule has 11 heteroatoms. The predicted molar refractivity (Wildman–Crippen MR) is 173 cm³/mol. The number of ether oxygens (including phenoxy) is 1. The van der Waals surface area contributed by atoms with Gasteiger partial charge in [-0.2, -0.15) is 13.2 Å². The average molecular weight is 653 g/mol. The Labute approximate surface area is 271 Å². The van der Waals surface area contributed by atoms with Gasteiger partial charge in [0.15, 0.2) is 0 Å². The van der Waals surface area contributed by atoms with E-state index < -0.39 is 29.5 Å². The van der Waals surface area contributed by atoms with Crippen molar-refractivity contribution in [3.8, 4) is 11.4 Å². The number of aromatic nitrogens is 2. The summed E-state index contributed by atoms with van der Waals surface area (Å²) in [5, 5.41) is 0.405. The minimum Gasteiger partial charge on any atom is -0.494 e. The molecule has 3 aromatic carbocycles. The van der Waals surface area contributed by atoms with Crippen LogP contribution in [-0.4, -0.2) is 57.5 Å². The summed E-state index contributed by atoms with van der Waals surface area (Å²) in [5.74, 6) is -0.753. The highest BCUT2D eigenvalue weighted by Gasteiger charge is 2.35. The van der Waals surface area contributed by atoms with Gasteiger partial charge in [0.2, 0.25) is 5.91 Å². The van der Waals surface area contributed by atoms with Crippen LogP contribution in [0.3, 0.4) is 0 Å². The van der Waals surface area contributed by atoms with E-state index in [0.29, 0.717) is 53.4 Å². The SMILES string of the molecule is CCOc1ccc(-n2c([C@@H](C)N(CC3CCN(C(C)C)CC3)C(=O)Cc3ccc(F)c(C(F)(F)F)c3)nc3ccccc3c2=O)cc1. The first kappa shape index (κ1) is 34.1. The molecule has 2 heterocycles. The Bertz CT molecular complexity index is 1760. The molecule has 0 spiro atoms. The summed E-state index contributed by atoms with van der Waals surface area (Å²) in [6.45, 7) is 10.5. The maximum absolute atomic E-state index is 14.1. The second-order valence-electron chi connectivity index (χ2n) is 12.3. The zero-order chi connectivity index (χ0) is 33.9. The third kappa shape index (κ3) is 7.67. The fourth-order valence-electron chi connectivity index (χ4n) is 6.26. The molecule has 1 aliphatic heterocycles. The molecule has 0 unspecified atom stereocenters. The molecule has 4 aromatic rings. The normalized spacial score (nSPS) is 15.3. The van der Waals surface area contributed by atoms with E-state index in [4.69, 9.17) is 9.72 Å². The number of halogens is 4. The monoisotopic (exact) mass is 652 g/mol. The van der Waals surface area contributed by atoms with Crippen LogP contribution in [0.15, 0.2) is 71.5 Å². The van der Waals surface area contributed by atoms with Crippen LogP contribution in [0.25, 0.3) is 16.6 Å². The topological polar surface area (TPSA) is 67.7 Å². The van der Waals surface area contributed by atoms with Crippen molar-refractivity contribution in [1.82, 2.24) is 19.4 Å². The number of carbonyl (C=O) groups excluding carboxylic acids is 1. The lowest BCUT2D eigenvalue weighted by atomic mass is 9.94. The quantitative estimate of drug-likeness (QED) is 0.170. The van der Waals surface area contributed by atoms with Crippen molar-refractivity contribution in [3.63, 3.8) is 0 Å². The molecule has 0 N–H and O–H groups in total. The van der Waals surface area contributed by atoms with Gasteiger partial charge in [0.1, 0.15) is 17.4 Å². The molecule has 1 atom stereocenters. The van der Waals surface area contributed by atoms with Crippen LogP contribution in [0.4, 0.5) is 17.6 Å². The van der Waals surface area contributed by atoms with Crippen molar-refractivity contribution in [2.24, 2.45) is 5.92 Å². The third-order valence-corrected chi connectivity index (χ3v) is 8.89. The molecular formula is C36H40F4N4O3. The van der Waals surface area contributed by atoms with Crippen molar-refractivity contribution in [2.75, 3.05) is 26.2 Å². The molecule has 1 fully saturated rings. The van der Waals surface area contributed by atoms with E-state index in [1.807, 2.05) is 6.92 Å². The zero-order valence-corrected chi connectivity index (χ0v) is 27.1. The molecule has 1 saturated heterocycles. The molecule has 0 saturated carbocycles. The first-order valence-corrected chi connectivity index (χ1v) is 16.0. The molecule has 5 rings (SSSR count). The highest BCUT2D eigenvalue weighted by atomic mass is 19.4. The van der Waals surface area contributed by atoms with E-state index in [1.165, 1.54) is 10.6 Å². The van der Waals surface area contributed by atoms with Crippen LogP contribution in [0.1, 0.15) is 63.5 Å². The van der Waals surface area contributed by atoms with Gasteiger partial charge in [0, 0.05) is 12.6 Å². The van der Waals surface area contributed by atoms with Gasteiger partial charge in [-0.25, -0.2) is 9.37 Å². The Hall–Kier alpha value is -4.25. The number of carbonyl (C=O) groups is 1. The van der Waals surface area contributed by atoms with Gasteiger partial charge in [0.05, 0.1) is 41.2 Å². The number of rotatable bonds is 10. The molecule has 0 bridgehead atoms. The number of hydrogen-bond donors (Lipinski definition) is 0. The molecule has 1 aliphatic rings. The predicted octanol–water partition coefficient (Wildman–Crippen LogP) is 7.20. The van der Waals surface area contributed by atoms with Crippen molar-refractivity contribution in [3.05, 3.63) is 99.9 Å². The number of benzene rings is 3. The maximum atomic E-state index is 14.1. The Balaban J connectivity index is 1.57. The van der Waals surface area contributed by atoms with Crippen molar-refractivity contribution >= 4 is 16.8 Å². The largest absolute Gasteiger partial charge is 0.494 e.